The number of aliphatic imine (C=N–C) groups is 1. The van der Waals surface area contributed by atoms with E-state index in [-0.39, 0.29) is 0 Å². The second kappa shape index (κ2) is 7.47. The molecule has 3 rings (SSSR count). The first-order valence-corrected chi connectivity index (χ1v) is 8.65. The summed E-state index contributed by atoms with van der Waals surface area (Å²) in [7, 11) is 1.79. The van der Waals surface area contributed by atoms with E-state index in [2.05, 4.69) is 57.9 Å². The van der Waals surface area contributed by atoms with E-state index in [9.17, 15) is 0 Å². The lowest BCUT2D eigenvalue weighted by Gasteiger charge is -2.11. The second-order valence-corrected chi connectivity index (χ2v) is 6.32. The normalized spacial score (nSPS) is 11.9. The smallest absolute Gasteiger partial charge is 0.191 e. The third-order valence-corrected chi connectivity index (χ3v) is 4.51. The molecular formula is C20H26N4O. The van der Waals surface area contributed by atoms with E-state index in [1.54, 1.807) is 7.05 Å². The number of rotatable bonds is 5. The van der Waals surface area contributed by atoms with E-state index in [0.717, 1.165) is 36.0 Å². The van der Waals surface area contributed by atoms with Crippen molar-refractivity contribution in [2.45, 2.75) is 33.7 Å². The lowest BCUT2D eigenvalue weighted by molar-refractivity contribution is 0.500. The third-order valence-electron chi connectivity index (χ3n) is 4.51. The van der Waals surface area contributed by atoms with Gasteiger partial charge in [-0.05, 0) is 44.9 Å². The Balaban J connectivity index is 1.56. The molecule has 0 saturated carbocycles. The van der Waals surface area contributed by atoms with Gasteiger partial charge < -0.3 is 20.0 Å². The van der Waals surface area contributed by atoms with Crippen molar-refractivity contribution in [3.63, 3.8) is 0 Å². The van der Waals surface area contributed by atoms with Gasteiger partial charge in [-0.3, -0.25) is 4.99 Å². The molecule has 0 radical (unpaired) electrons. The van der Waals surface area contributed by atoms with E-state index >= 15 is 0 Å². The minimum absolute atomic E-state index is 0.703. The Bertz CT molecular complexity index is 888. The van der Waals surface area contributed by atoms with Gasteiger partial charge in [-0.2, -0.15) is 0 Å². The number of para-hydroxylation sites is 1. The fourth-order valence-electron chi connectivity index (χ4n) is 3.22. The number of aromatic amines is 1. The number of benzene rings is 1. The molecule has 2 heterocycles. The van der Waals surface area contributed by atoms with Gasteiger partial charge in [0, 0.05) is 42.3 Å². The molecule has 0 unspecified atom stereocenters. The Morgan fingerprint density at radius 1 is 1.16 bits per heavy atom. The van der Waals surface area contributed by atoms with E-state index < -0.39 is 0 Å². The van der Waals surface area contributed by atoms with Gasteiger partial charge in [0.1, 0.15) is 11.5 Å². The van der Waals surface area contributed by atoms with Gasteiger partial charge in [0.25, 0.3) is 0 Å². The maximum Gasteiger partial charge on any atom is 0.191 e. The molecule has 0 amide bonds. The maximum absolute atomic E-state index is 5.56. The summed E-state index contributed by atoms with van der Waals surface area (Å²) >= 11 is 0. The molecule has 0 aliphatic carbocycles. The van der Waals surface area contributed by atoms with Crippen molar-refractivity contribution in [3.05, 3.63) is 58.7 Å². The van der Waals surface area contributed by atoms with Crippen LogP contribution in [0.4, 0.5) is 0 Å². The summed E-state index contributed by atoms with van der Waals surface area (Å²) in [6, 6.07) is 10.5. The van der Waals surface area contributed by atoms with Crippen LogP contribution in [0.15, 0.2) is 39.7 Å². The Kier molecular flexibility index (Phi) is 5.12. The molecule has 0 spiro atoms. The number of aryl methyl sites for hydroxylation is 3. The van der Waals surface area contributed by atoms with Crippen molar-refractivity contribution < 1.29 is 4.42 Å². The number of furan rings is 1. The Morgan fingerprint density at radius 3 is 2.68 bits per heavy atom. The van der Waals surface area contributed by atoms with Crippen LogP contribution in [0.3, 0.4) is 0 Å². The number of aromatic nitrogens is 1. The first-order chi connectivity index (χ1) is 12.1. The van der Waals surface area contributed by atoms with Crippen molar-refractivity contribution in [1.29, 1.82) is 0 Å². The van der Waals surface area contributed by atoms with E-state index in [1.165, 1.54) is 22.2 Å². The van der Waals surface area contributed by atoms with Crippen molar-refractivity contribution in [2.24, 2.45) is 4.99 Å². The van der Waals surface area contributed by atoms with E-state index in [4.69, 9.17) is 4.42 Å². The Labute approximate surface area is 148 Å². The molecule has 0 atom stereocenters. The summed E-state index contributed by atoms with van der Waals surface area (Å²) in [5, 5.41) is 8.03. The minimum atomic E-state index is 0.703. The number of nitrogens with one attached hydrogen (secondary N) is 3. The van der Waals surface area contributed by atoms with Crippen LogP contribution in [0.2, 0.25) is 0 Å². The highest BCUT2D eigenvalue weighted by Crippen LogP contribution is 2.21. The molecule has 0 bridgehead atoms. The molecule has 3 aromatic rings. The van der Waals surface area contributed by atoms with Crippen molar-refractivity contribution in [3.8, 4) is 0 Å². The highest BCUT2D eigenvalue weighted by Gasteiger charge is 2.09. The first-order valence-electron chi connectivity index (χ1n) is 8.65. The minimum Gasteiger partial charge on any atom is -0.466 e. The quantitative estimate of drug-likeness (QED) is 0.492. The van der Waals surface area contributed by atoms with Crippen LogP contribution in [0.1, 0.15) is 28.3 Å². The zero-order valence-electron chi connectivity index (χ0n) is 15.4. The molecule has 5 heteroatoms. The summed E-state index contributed by atoms with van der Waals surface area (Å²) in [5.41, 5.74) is 4.95. The highest BCUT2D eigenvalue weighted by atomic mass is 16.3. The number of guanidine groups is 1. The first kappa shape index (κ1) is 17.1. The molecule has 3 N–H and O–H groups in total. The van der Waals surface area contributed by atoms with Crippen molar-refractivity contribution in [2.75, 3.05) is 13.6 Å². The SMILES string of the molecule is CN=C(NCCc1c(C)[nH]c2ccccc12)NCc1cc(C)oc1C. The molecular weight excluding hydrogens is 312 g/mol. The highest BCUT2D eigenvalue weighted by molar-refractivity contribution is 5.84. The van der Waals surface area contributed by atoms with Gasteiger partial charge in [-0.25, -0.2) is 0 Å². The molecule has 5 nitrogen and oxygen atoms in total. The predicted octanol–water partition coefficient (Wildman–Crippen LogP) is 3.59. The topological polar surface area (TPSA) is 65.3 Å². The lowest BCUT2D eigenvalue weighted by Crippen LogP contribution is -2.37. The molecule has 0 fully saturated rings. The molecule has 1 aromatic carbocycles. The second-order valence-electron chi connectivity index (χ2n) is 6.32. The molecule has 0 aliphatic heterocycles. The average Bonchev–Trinajstić information content (AvgIpc) is 3.09. The number of hydrogen-bond acceptors (Lipinski definition) is 2. The van der Waals surface area contributed by atoms with Crippen LogP contribution in [-0.4, -0.2) is 24.5 Å². The summed E-state index contributed by atoms with van der Waals surface area (Å²) in [5.74, 6) is 2.69. The van der Waals surface area contributed by atoms with Gasteiger partial charge in [0.15, 0.2) is 5.96 Å². The van der Waals surface area contributed by atoms with Gasteiger partial charge in [-0.15, -0.1) is 0 Å². The fourth-order valence-corrected chi connectivity index (χ4v) is 3.22. The Hall–Kier alpha value is -2.69. The largest absolute Gasteiger partial charge is 0.466 e. The number of hydrogen-bond donors (Lipinski definition) is 3. The standard InChI is InChI=1S/C20H26N4O/c1-13-11-16(15(3)25-13)12-23-20(21-4)22-10-9-17-14(2)24-19-8-6-5-7-18(17)19/h5-8,11,24H,9-10,12H2,1-4H3,(H2,21,22,23). The van der Waals surface area contributed by atoms with Gasteiger partial charge in [0.2, 0.25) is 0 Å². The van der Waals surface area contributed by atoms with Crippen molar-refractivity contribution in [1.82, 2.24) is 15.6 Å². The number of H-pyrrole nitrogens is 1. The van der Waals surface area contributed by atoms with Gasteiger partial charge >= 0.3 is 0 Å². The molecule has 0 saturated heterocycles. The fraction of sp³-hybridized carbons (Fsp3) is 0.350. The van der Waals surface area contributed by atoms with Crippen LogP contribution < -0.4 is 10.6 Å². The third kappa shape index (κ3) is 3.87. The van der Waals surface area contributed by atoms with Crippen LogP contribution in [-0.2, 0) is 13.0 Å². The summed E-state index contributed by atoms with van der Waals surface area (Å²) < 4.78 is 5.56. The number of nitrogens with zero attached hydrogens (tertiary/aromatic N) is 1. The Morgan fingerprint density at radius 2 is 1.96 bits per heavy atom. The zero-order chi connectivity index (χ0) is 17.8. The summed E-state index contributed by atoms with van der Waals surface area (Å²) in [6.07, 6.45) is 0.945. The lowest BCUT2D eigenvalue weighted by atomic mass is 10.1. The van der Waals surface area contributed by atoms with E-state index in [1.807, 2.05) is 13.8 Å². The predicted molar refractivity (Wildman–Crippen MR) is 103 cm³/mol. The van der Waals surface area contributed by atoms with Crippen LogP contribution in [0, 0.1) is 20.8 Å². The average molecular weight is 338 g/mol. The summed E-state index contributed by atoms with van der Waals surface area (Å²) in [4.78, 5) is 7.75. The van der Waals surface area contributed by atoms with E-state index in [0.29, 0.717) is 6.54 Å². The number of fused-ring (bicyclic) bond motifs is 1. The van der Waals surface area contributed by atoms with Crippen LogP contribution >= 0.6 is 0 Å². The van der Waals surface area contributed by atoms with Gasteiger partial charge in [-0.1, -0.05) is 18.2 Å². The van der Waals surface area contributed by atoms with Crippen molar-refractivity contribution >= 4 is 16.9 Å². The monoisotopic (exact) mass is 338 g/mol. The summed E-state index contributed by atoms with van der Waals surface area (Å²) in [6.45, 7) is 7.61. The molecule has 2 aromatic heterocycles. The molecule has 132 valence electrons. The maximum atomic E-state index is 5.56. The van der Waals surface area contributed by atoms with Crippen LogP contribution in [0.5, 0.6) is 0 Å². The molecule has 25 heavy (non-hydrogen) atoms. The molecule has 0 aliphatic rings. The van der Waals surface area contributed by atoms with Gasteiger partial charge in [0.05, 0.1) is 0 Å². The van der Waals surface area contributed by atoms with Crippen LogP contribution in [0.25, 0.3) is 10.9 Å². The zero-order valence-corrected chi connectivity index (χ0v) is 15.4.